The summed E-state index contributed by atoms with van der Waals surface area (Å²) in [5.74, 6) is -0.240. The summed E-state index contributed by atoms with van der Waals surface area (Å²) in [5.41, 5.74) is 0.561. The molecule has 1 aromatic heterocycles. The van der Waals surface area contributed by atoms with Crippen LogP contribution in [0.1, 0.15) is 23.2 Å². The second-order valence-electron chi connectivity index (χ2n) is 5.19. The molecular formula is C14H16N4O3. The molecule has 0 spiro atoms. The highest BCUT2D eigenvalue weighted by molar-refractivity contribution is 6.02. The van der Waals surface area contributed by atoms with Gasteiger partial charge in [0.2, 0.25) is 5.91 Å². The molecule has 0 aliphatic carbocycles. The number of rotatable bonds is 2. The van der Waals surface area contributed by atoms with Gasteiger partial charge in [-0.05, 0) is 25.0 Å². The molecule has 4 amide bonds. The van der Waals surface area contributed by atoms with E-state index in [1.165, 1.54) is 4.90 Å². The Bertz CT molecular complexity index is 551. The van der Waals surface area contributed by atoms with Crippen LogP contribution >= 0.6 is 0 Å². The summed E-state index contributed by atoms with van der Waals surface area (Å²) in [5, 5.41) is 2.53. The van der Waals surface area contributed by atoms with Gasteiger partial charge in [0.05, 0.1) is 12.1 Å². The molecule has 0 atom stereocenters. The van der Waals surface area contributed by atoms with Crippen molar-refractivity contribution in [3.63, 3.8) is 0 Å². The Morgan fingerprint density at radius 3 is 2.62 bits per heavy atom. The van der Waals surface area contributed by atoms with Gasteiger partial charge in [0.1, 0.15) is 0 Å². The molecule has 7 heteroatoms. The standard InChI is InChI=1S/C14H16N4O3/c19-12-9-16-14(21)18(12)11-3-6-17(7-4-11)13(20)10-2-1-5-15-8-10/h1-2,5,8,11H,3-4,6-7,9H2,(H,16,21). The minimum atomic E-state index is -0.322. The average molecular weight is 288 g/mol. The number of hydrogen-bond acceptors (Lipinski definition) is 4. The van der Waals surface area contributed by atoms with Gasteiger partial charge >= 0.3 is 6.03 Å². The van der Waals surface area contributed by atoms with E-state index in [1.54, 1.807) is 29.4 Å². The van der Waals surface area contributed by atoms with Crippen LogP contribution in [0.3, 0.4) is 0 Å². The molecule has 1 N–H and O–H groups in total. The molecule has 7 nitrogen and oxygen atoms in total. The molecule has 2 aliphatic rings. The van der Waals surface area contributed by atoms with Crippen LogP contribution in [0.25, 0.3) is 0 Å². The number of pyridine rings is 1. The topological polar surface area (TPSA) is 82.6 Å². The molecule has 1 aromatic rings. The third-order valence-corrected chi connectivity index (χ3v) is 3.90. The van der Waals surface area contributed by atoms with Crippen LogP contribution in [0.4, 0.5) is 4.79 Å². The fourth-order valence-corrected chi connectivity index (χ4v) is 2.80. The third-order valence-electron chi connectivity index (χ3n) is 3.90. The van der Waals surface area contributed by atoms with Gasteiger partial charge in [-0.25, -0.2) is 4.79 Å². The highest BCUT2D eigenvalue weighted by Crippen LogP contribution is 2.20. The Morgan fingerprint density at radius 1 is 1.29 bits per heavy atom. The van der Waals surface area contributed by atoms with E-state index in [2.05, 4.69) is 10.3 Å². The first-order valence-electron chi connectivity index (χ1n) is 6.96. The molecule has 0 saturated carbocycles. The van der Waals surface area contributed by atoms with Crippen molar-refractivity contribution in [3.8, 4) is 0 Å². The Labute approximate surface area is 121 Å². The molecule has 0 aromatic carbocycles. The van der Waals surface area contributed by atoms with Crippen LogP contribution < -0.4 is 5.32 Å². The molecule has 2 saturated heterocycles. The number of carbonyl (C=O) groups is 3. The Balaban J connectivity index is 1.62. The number of hydrogen-bond donors (Lipinski definition) is 1. The maximum absolute atomic E-state index is 12.3. The minimum absolute atomic E-state index is 0.0567. The molecular weight excluding hydrogens is 272 g/mol. The summed E-state index contributed by atoms with van der Waals surface area (Å²) in [7, 11) is 0. The van der Waals surface area contributed by atoms with E-state index in [4.69, 9.17) is 0 Å². The summed E-state index contributed by atoms with van der Waals surface area (Å²) in [6.45, 7) is 1.15. The fourth-order valence-electron chi connectivity index (χ4n) is 2.80. The van der Waals surface area contributed by atoms with Gasteiger partial charge < -0.3 is 10.2 Å². The molecule has 0 radical (unpaired) electrons. The van der Waals surface area contributed by atoms with Crippen molar-refractivity contribution in [2.24, 2.45) is 0 Å². The van der Waals surface area contributed by atoms with E-state index in [1.807, 2.05) is 0 Å². The van der Waals surface area contributed by atoms with Crippen LogP contribution in [0.2, 0.25) is 0 Å². The summed E-state index contributed by atoms with van der Waals surface area (Å²) >= 11 is 0. The number of carbonyl (C=O) groups excluding carboxylic acids is 3. The van der Waals surface area contributed by atoms with Crippen molar-refractivity contribution in [1.82, 2.24) is 20.1 Å². The zero-order valence-corrected chi connectivity index (χ0v) is 11.5. The number of urea groups is 1. The minimum Gasteiger partial charge on any atom is -0.338 e. The maximum Gasteiger partial charge on any atom is 0.324 e. The Hall–Kier alpha value is -2.44. The summed E-state index contributed by atoms with van der Waals surface area (Å²) in [4.78, 5) is 42.6. The Kier molecular flexibility index (Phi) is 3.55. The van der Waals surface area contributed by atoms with Gasteiger partial charge in [-0.2, -0.15) is 0 Å². The van der Waals surface area contributed by atoms with Gasteiger partial charge in [0.15, 0.2) is 0 Å². The SMILES string of the molecule is O=C(c1cccnc1)N1CCC(N2C(=O)CNC2=O)CC1. The smallest absolute Gasteiger partial charge is 0.324 e. The molecule has 110 valence electrons. The van der Waals surface area contributed by atoms with Crippen LogP contribution in [-0.2, 0) is 4.79 Å². The van der Waals surface area contributed by atoms with Crippen molar-refractivity contribution in [3.05, 3.63) is 30.1 Å². The predicted octanol–water partition coefficient (Wildman–Crippen LogP) is 0.238. The summed E-state index contributed by atoms with van der Waals surface area (Å²) < 4.78 is 0. The van der Waals surface area contributed by atoms with E-state index in [0.29, 0.717) is 31.5 Å². The van der Waals surface area contributed by atoms with Gasteiger partial charge in [0.25, 0.3) is 5.91 Å². The highest BCUT2D eigenvalue weighted by atomic mass is 16.2. The monoisotopic (exact) mass is 288 g/mol. The van der Waals surface area contributed by atoms with Gasteiger partial charge in [-0.1, -0.05) is 0 Å². The number of amides is 4. The van der Waals surface area contributed by atoms with Crippen molar-refractivity contribution >= 4 is 17.8 Å². The van der Waals surface area contributed by atoms with Gasteiger partial charge in [-0.3, -0.25) is 19.5 Å². The molecule has 21 heavy (non-hydrogen) atoms. The molecule has 0 unspecified atom stereocenters. The quantitative estimate of drug-likeness (QED) is 0.790. The second-order valence-corrected chi connectivity index (χ2v) is 5.19. The first-order chi connectivity index (χ1) is 10.2. The van der Waals surface area contributed by atoms with Crippen molar-refractivity contribution < 1.29 is 14.4 Å². The number of nitrogens with one attached hydrogen (secondary N) is 1. The number of imide groups is 1. The molecule has 3 rings (SSSR count). The van der Waals surface area contributed by atoms with E-state index < -0.39 is 0 Å². The van der Waals surface area contributed by atoms with Crippen LogP contribution in [0.15, 0.2) is 24.5 Å². The Morgan fingerprint density at radius 2 is 2.05 bits per heavy atom. The lowest BCUT2D eigenvalue weighted by Crippen LogP contribution is -2.49. The summed E-state index contributed by atoms with van der Waals surface area (Å²) in [6, 6.07) is 3.03. The third kappa shape index (κ3) is 2.58. The lowest BCUT2D eigenvalue weighted by Gasteiger charge is -2.35. The van der Waals surface area contributed by atoms with Crippen molar-refractivity contribution in [2.45, 2.75) is 18.9 Å². The lowest BCUT2D eigenvalue weighted by molar-refractivity contribution is -0.127. The highest BCUT2D eigenvalue weighted by Gasteiger charge is 2.37. The first-order valence-corrected chi connectivity index (χ1v) is 6.96. The van der Waals surface area contributed by atoms with Gasteiger partial charge in [-0.15, -0.1) is 0 Å². The molecule has 2 aliphatic heterocycles. The van der Waals surface area contributed by atoms with E-state index in [-0.39, 0.29) is 30.4 Å². The van der Waals surface area contributed by atoms with Crippen molar-refractivity contribution in [2.75, 3.05) is 19.6 Å². The zero-order chi connectivity index (χ0) is 14.8. The molecule has 2 fully saturated rings. The second kappa shape index (κ2) is 5.51. The first kappa shape index (κ1) is 13.5. The van der Waals surface area contributed by atoms with E-state index in [9.17, 15) is 14.4 Å². The number of aromatic nitrogens is 1. The average Bonchev–Trinajstić information content (AvgIpc) is 2.87. The molecule has 0 bridgehead atoms. The van der Waals surface area contributed by atoms with E-state index in [0.717, 1.165) is 0 Å². The number of nitrogens with zero attached hydrogens (tertiary/aromatic N) is 3. The van der Waals surface area contributed by atoms with Gasteiger partial charge in [0, 0.05) is 31.5 Å². The van der Waals surface area contributed by atoms with Crippen LogP contribution in [-0.4, -0.2) is 58.3 Å². The maximum atomic E-state index is 12.3. The van der Waals surface area contributed by atoms with Crippen LogP contribution in [0, 0.1) is 0 Å². The predicted molar refractivity (Wildman–Crippen MR) is 73.4 cm³/mol. The summed E-state index contributed by atoms with van der Waals surface area (Å²) in [6.07, 6.45) is 4.41. The number of likely N-dealkylation sites (tertiary alicyclic amines) is 1. The molecule has 3 heterocycles. The van der Waals surface area contributed by atoms with Crippen molar-refractivity contribution in [1.29, 1.82) is 0 Å². The largest absolute Gasteiger partial charge is 0.338 e. The normalized spacial score (nSPS) is 19.8. The van der Waals surface area contributed by atoms with Crippen LogP contribution in [0.5, 0.6) is 0 Å². The fraction of sp³-hybridized carbons (Fsp3) is 0.429. The zero-order valence-electron chi connectivity index (χ0n) is 11.5. The lowest BCUT2D eigenvalue weighted by atomic mass is 10.0. The van der Waals surface area contributed by atoms with E-state index >= 15 is 0 Å². The number of piperidine rings is 1.